The zero-order valence-corrected chi connectivity index (χ0v) is 13.9. The van der Waals surface area contributed by atoms with Crippen LogP contribution in [0.3, 0.4) is 0 Å². The summed E-state index contributed by atoms with van der Waals surface area (Å²) in [5.41, 5.74) is 4.11. The first kappa shape index (κ1) is 17.4. The molecule has 1 aromatic carbocycles. The molecule has 0 aromatic heterocycles. The van der Waals surface area contributed by atoms with Gasteiger partial charge in [0.2, 0.25) is 0 Å². The van der Waals surface area contributed by atoms with Crippen molar-refractivity contribution >= 4 is 5.78 Å². The molecule has 0 fully saturated rings. The normalized spacial score (nSPS) is 11.0. The lowest BCUT2D eigenvalue weighted by atomic mass is 9.96. The van der Waals surface area contributed by atoms with Gasteiger partial charge in [0.15, 0.2) is 5.78 Å². The largest absolute Gasteiger partial charge is 0.295 e. The second-order valence-electron chi connectivity index (χ2n) is 6.23. The molecule has 0 atom stereocenters. The van der Waals surface area contributed by atoms with Crippen molar-refractivity contribution in [1.29, 1.82) is 5.26 Å². The van der Waals surface area contributed by atoms with Crippen molar-refractivity contribution in [2.75, 3.05) is 19.6 Å². The van der Waals surface area contributed by atoms with Crippen LogP contribution in [0.1, 0.15) is 47.3 Å². The quantitative estimate of drug-likeness (QED) is 0.718. The lowest BCUT2D eigenvalue weighted by Crippen LogP contribution is -2.34. The molecule has 0 spiro atoms. The fourth-order valence-corrected chi connectivity index (χ4v) is 2.86. The van der Waals surface area contributed by atoms with Crippen LogP contribution in [0.4, 0.5) is 0 Å². The fraction of sp³-hybridized carbons (Fsp3) is 0.556. The van der Waals surface area contributed by atoms with Crippen molar-refractivity contribution in [2.45, 2.75) is 41.0 Å². The van der Waals surface area contributed by atoms with Gasteiger partial charge in [-0.15, -0.1) is 0 Å². The van der Waals surface area contributed by atoms with E-state index in [4.69, 9.17) is 5.26 Å². The highest BCUT2D eigenvalue weighted by atomic mass is 16.1. The van der Waals surface area contributed by atoms with Gasteiger partial charge in [-0.05, 0) is 37.8 Å². The van der Waals surface area contributed by atoms with Crippen LogP contribution in [0, 0.1) is 38.0 Å². The van der Waals surface area contributed by atoms with Crippen molar-refractivity contribution in [3.63, 3.8) is 0 Å². The number of nitrogens with zero attached hydrogens (tertiary/aromatic N) is 2. The van der Waals surface area contributed by atoms with Crippen LogP contribution >= 0.6 is 0 Å². The molecule has 114 valence electrons. The maximum atomic E-state index is 12.6. The second-order valence-corrected chi connectivity index (χ2v) is 6.23. The Bertz CT molecular complexity index is 518. The van der Waals surface area contributed by atoms with Gasteiger partial charge in [0.25, 0.3) is 0 Å². The molecule has 3 heteroatoms. The van der Waals surface area contributed by atoms with Crippen LogP contribution in [0.15, 0.2) is 12.1 Å². The monoisotopic (exact) mass is 286 g/mol. The van der Waals surface area contributed by atoms with E-state index in [1.54, 1.807) is 0 Å². The second kappa shape index (κ2) is 7.95. The molecule has 1 rings (SSSR count). The maximum Gasteiger partial charge on any atom is 0.177 e. The summed E-state index contributed by atoms with van der Waals surface area (Å²) in [6.07, 6.45) is 0.464. The van der Waals surface area contributed by atoms with E-state index in [9.17, 15) is 4.79 Å². The third-order valence-electron chi connectivity index (χ3n) is 3.49. The van der Waals surface area contributed by atoms with Gasteiger partial charge >= 0.3 is 0 Å². The van der Waals surface area contributed by atoms with Gasteiger partial charge < -0.3 is 0 Å². The lowest BCUT2D eigenvalue weighted by Gasteiger charge is -2.23. The van der Waals surface area contributed by atoms with Gasteiger partial charge in [0.1, 0.15) is 0 Å². The molecule has 0 heterocycles. The van der Waals surface area contributed by atoms with Gasteiger partial charge in [-0.25, -0.2) is 0 Å². The van der Waals surface area contributed by atoms with Gasteiger partial charge in [-0.1, -0.05) is 31.5 Å². The number of rotatable bonds is 7. The summed E-state index contributed by atoms with van der Waals surface area (Å²) in [6.45, 7) is 12.2. The molecule has 0 unspecified atom stereocenters. The van der Waals surface area contributed by atoms with Crippen molar-refractivity contribution in [3.05, 3.63) is 34.4 Å². The zero-order valence-electron chi connectivity index (χ0n) is 13.9. The highest BCUT2D eigenvalue weighted by Gasteiger charge is 2.17. The molecule has 3 nitrogen and oxygen atoms in total. The number of carbonyl (C=O) groups excluding carboxylic acids is 1. The van der Waals surface area contributed by atoms with Crippen LogP contribution in [0.25, 0.3) is 0 Å². The minimum atomic E-state index is 0.156. The van der Waals surface area contributed by atoms with E-state index in [1.807, 2.05) is 20.8 Å². The minimum absolute atomic E-state index is 0.156. The first-order valence-electron chi connectivity index (χ1n) is 7.55. The molecule has 0 aliphatic carbocycles. The number of hydrogen-bond acceptors (Lipinski definition) is 3. The van der Waals surface area contributed by atoms with Crippen molar-refractivity contribution in [3.8, 4) is 6.07 Å². The van der Waals surface area contributed by atoms with Gasteiger partial charge in [-0.3, -0.25) is 9.69 Å². The van der Waals surface area contributed by atoms with Crippen LogP contribution in [0.5, 0.6) is 0 Å². The van der Waals surface area contributed by atoms with E-state index < -0.39 is 0 Å². The molecule has 0 saturated carbocycles. The predicted octanol–water partition coefficient (Wildman–Crippen LogP) is 3.67. The molecule has 0 aliphatic heterocycles. The molecule has 0 N–H and O–H groups in total. The highest BCUT2D eigenvalue weighted by molar-refractivity contribution is 6.00. The Morgan fingerprint density at radius 2 is 1.81 bits per heavy atom. The Kier molecular flexibility index (Phi) is 6.58. The summed E-state index contributed by atoms with van der Waals surface area (Å²) in [4.78, 5) is 14.7. The molecular formula is C18H26N2O. The lowest BCUT2D eigenvalue weighted by molar-refractivity contribution is 0.0922. The van der Waals surface area contributed by atoms with Crippen molar-refractivity contribution in [2.24, 2.45) is 5.92 Å². The third-order valence-corrected chi connectivity index (χ3v) is 3.49. The first-order valence-corrected chi connectivity index (χ1v) is 7.55. The summed E-state index contributed by atoms with van der Waals surface area (Å²) in [5, 5.41) is 8.76. The highest BCUT2D eigenvalue weighted by Crippen LogP contribution is 2.17. The summed E-state index contributed by atoms with van der Waals surface area (Å²) in [7, 11) is 0. The van der Waals surface area contributed by atoms with E-state index in [0.29, 0.717) is 25.4 Å². The number of Topliss-reactive ketones (excluding diaryl/α,β-unsaturated/α-hetero) is 1. The SMILES string of the molecule is Cc1cc(C)c(C(=O)CN(CCC#N)CC(C)C)c(C)c1. The average molecular weight is 286 g/mol. The molecular weight excluding hydrogens is 260 g/mol. The molecule has 0 amide bonds. The Morgan fingerprint density at radius 3 is 2.29 bits per heavy atom. The topological polar surface area (TPSA) is 44.1 Å². The van der Waals surface area contributed by atoms with E-state index >= 15 is 0 Å². The van der Waals surface area contributed by atoms with Gasteiger partial charge in [-0.2, -0.15) is 5.26 Å². The molecule has 21 heavy (non-hydrogen) atoms. The van der Waals surface area contributed by atoms with Gasteiger partial charge in [0.05, 0.1) is 12.6 Å². The number of nitriles is 1. The van der Waals surface area contributed by atoms with E-state index in [-0.39, 0.29) is 5.78 Å². The van der Waals surface area contributed by atoms with Crippen molar-refractivity contribution < 1.29 is 4.79 Å². The van der Waals surface area contributed by atoms with Crippen LogP contribution in [-0.4, -0.2) is 30.3 Å². The standard InChI is InChI=1S/C18H26N2O/c1-13(2)11-20(8-6-7-19)12-17(21)18-15(4)9-14(3)10-16(18)5/h9-10,13H,6,8,11-12H2,1-5H3. The fourth-order valence-electron chi connectivity index (χ4n) is 2.86. The minimum Gasteiger partial charge on any atom is -0.295 e. The average Bonchev–Trinajstić information content (AvgIpc) is 2.33. The summed E-state index contributed by atoms with van der Waals surface area (Å²) >= 11 is 0. The Morgan fingerprint density at radius 1 is 1.24 bits per heavy atom. The molecule has 0 saturated heterocycles. The summed E-state index contributed by atoms with van der Waals surface area (Å²) in [6, 6.07) is 6.28. The third kappa shape index (κ3) is 5.32. The first-order chi connectivity index (χ1) is 9.85. The molecule has 0 bridgehead atoms. The van der Waals surface area contributed by atoms with Gasteiger partial charge in [0, 0.05) is 25.1 Å². The van der Waals surface area contributed by atoms with Crippen molar-refractivity contribution in [1.82, 2.24) is 4.90 Å². The summed E-state index contributed by atoms with van der Waals surface area (Å²) in [5.74, 6) is 0.639. The Hall–Kier alpha value is -1.66. The van der Waals surface area contributed by atoms with E-state index in [0.717, 1.165) is 23.2 Å². The number of ketones is 1. The number of hydrogen-bond donors (Lipinski definition) is 0. The molecule has 1 aromatic rings. The Balaban J connectivity index is 2.89. The van der Waals surface area contributed by atoms with E-state index in [1.165, 1.54) is 5.56 Å². The smallest absolute Gasteiger partial charge is 0.177 e. The summed E-state index contributed by atoms with van der Waals surface area (Å²) < 4.78 is 0. The van der Waals surface area contributed by atoms with Crippen LogP contribution < -0.4 is 0 Å². The maximum absolute atomic E-state index is 12.6. The number of aryl methyl sites for hydroxylation is 3. The molecule has 0 aliphatic rings. The molecule has 0 radical (unpaired) electrons. The zero-order chi connectivity index (χ0) is 16.0. The number of benzene rings is 1. The Labute approximate surface area is 128 Å². The number of carbonyl (C=O) groups is 1. The van der Waals surface area contributed by atoms with E-state index in [2.05, 4.69) is 36.9 Å². The van der Waals surface area contributed by atoms with Crippen LogP contribution in [0.2, 0.25) is 0 Å². The predicted molar refractivity (Wildman–Crippen MR) is 86.5 cm³/mol. The van der Waals surface area contributed by atoms with Crippen LogP contribution in [-0.2, 0) is 0 Å².